The number of aromatic nitrogens is 1. The molecule has 0 saturated carbocycles. The summed E-state index contributed by atoms with van der Waals surface area (Å²) in [7, 11) is 0. The molecule has 0 aliphatic heterocycles. The predicted molar refractivity (Wildman–Crippen MR) is 103 cm³/mol. The van der Waals surface area contributed by atoms with Gasteiger partial charge < -0.3 is 10.3 Å². The van der Waals surface area contributed by atoms with Gasteiger partial charge in [-0.2, -0.15) is 0 Å². The molecular formula is C22H24N2O. The molecule has 3 heteroatoms. The van der Waals surface area contributed by atoms with Crippen molar-refractivity contribution in [1.29, 1.82) is 0 Å². The Morgan fingerprint density at radius 3 is 2.16 bits per heavy atom. The summed E-state index contributed by atoms with van der Waals surface area (Å²) in [6.07, 6.45) is 1.78. The second-order valence-corrected chi connectivity index (χ2v) is 6.25. The minimum Gasteiger partial charge on any atom is -0.366 e. The van der Waals surface area contributed by atoms with E-state index in [9.17, 15) is 4.79 Å². The number of carbonyl (C=O) groups is 1. The van der Waals surface area contributed by atoms with E-state index < -0.39 is 0 Å². The highest BCUT2D eigenvalue weighted by molar-refractivity contribution is 6.02. The van der Waals surface area contributed by atoms with Crippen LogP contribution in [0, 0.1) is 6.92 Å². The molecule has 1 aromatic heterocycles. The third-order valence-electron chi connectivity index (χ3n) is 4.74. The lowest BCUT2D eigenvalue weighted by Gasteiger charge is -2.12. The van der Waals surface area contributed by atoms with E-state index in [-0.39, 0.29) is 5.91 Å². The fraction of sp³-hybridized carbons (Fsp3) is 0.227. The van der Waals surface area contributed by atoms with Crippen LogP contribution in [0.15, 0.2) is 60.7 Å². The third-order valence-corrected chi connectivity index (χ3v) is 4.74. The van der Waals surface area contributed by atoms with Crippen molar-refractivity contribution < 1.29 is 4.79 Å². The minimum absolute atomic E-state index is 0.357. The van der Waals surface area contributed by atoms with Crippen molar-refractivity contribution in [3.8, 4) is 11.1 Å². The lowest BCUT2D eigenvalue weighted by Crippen LogP contribution is -2.13. The maximum atomic E-state index is 12.2. The van der Waals surface area contributed by atoms with Crippen molar-refractivity contribution in [3.05, 3.63) is 83.2 Å². The Bertz CT molecular complexity index is 864. The number of benzene rings is 2. The van der Waals surface area contributed by atoms with Gasteiger partial charge in [0.1, 0.15) is 0 Å². The molecule has 1 amide bonds. The molecule has 1 heterocycles. The van der Waals surface area contributed by atoms with Crippen molar-refractivity contribution in [2.45, 2.75) is 33.2 Å². The molecule has 0 fully saturated rings. The van der Waals surface area contributed by atoms with Crippen molar-refractivity contribution in [2.75, 3.05) is 0 Å². The van der Waals surface area contributed by atoms with Gasteiger partial charge in [-0.25, -0.2) is 0 Å². The molecule has 2 aromatic carbocycles. The average Bonchev–Trinajstić information content (AvgIpc) is 2.93. The summed E-state index contributed by atoms with van der Waals surface area (Å²) in [4.78, 5) is 12.2. The van der Waals surface area contributed by atoms with E-state index in [0.717, 1.165) is 36.2 Å². The van der Waals surface area contributed by atoms with Crippen LogP contribution in [0.25, 0.3) is 11.1 Å². The molecule has 0 saturated heterocycles. The lowest BCUT2D eigenvalue weighted by atomic mass is 9.99. The second-order valence-electron chi connectivity index (χ2n) is 6.25. The first kappa shape index (κ1) is 17.0. The van der Waals surface area contributed by atoms with Gasteiger partial charge in [0.15, 0.2) is 0 Å². The molecule has 0 bridgehead atoms. The zero-order chi connectivity index (χ0) is 17.8. The molecule has 3 aromatic rings. The summed E-state index contributed by atoms with van der Waals surface area (Å²) in [5, 5.41) is 0. The van der Waals surface area contributed by atoms with E-state index in [1.54, 1.807) is 0 Å². The fourth-order valence-electron chi connectivity index (χ4n) is 3.57. The normalized spacial score (nSPS) is 10.8. The van der Waals surface area contributed by atoms with E-state index in [1.165, 1.54) is 11.3 Å². The lowest BCUT2D eigenvalue weighted by molar-refractivity contribution is 0.1000. The molecule has 3 rings (SSSR count). The maximum Gasteiger partial charge on any atom is 0.251 e. The summed E-state index contributed by atoms with van der Waals surface area (Å²) < 4.78 is 2.26. The number of hydrogen-bond donors (Lipinski definition) is 1. The van der Waals surface area contributed by atoms with Gasteiger partial charge in [0.25, 0.3) is 5.91 Å². The highest BCUT2D eigenvalue weighted by Crippen LogP contribution is 2.33. The number of primary amides is 1. The van der Waals surface area contributed by atoms with Crippen LogP contribution < -0.4 is 5.73 Å². The molecule has 25 heavy (non-hydrogen) atoms. The van der Waals surface area contributed by atoms with Crippen LogP contribution in [-0.4, -0.2) is 10.5 Å². The fourth-order valence-corrected chi connectivity index (χ4v) is 3.57. The zero-order valence-corrected chi connectivity index (χ0v) is 14.8. The number of carbonyl (C=O) groups excluding carboxylic acids is 1. The van der Waals surface area contributed by atoms with Crippen LogP contribution in [0.5, 0.6) is 0 Å². The Morgan fingerprint density at radius 2 is 1.60 bits per heavy atom. The highest BCUT2D eigenvalue weighted by Gasteiger charge is 2.23. The van der Waals surface area contributed by atoms with Crippen molar-refractivity contribution in [3.63, 3.8) is 0 Å². The Kier molecular flexibility index (Phi) is 5.03. The van der Waals surface area contributed by atoms with Crippen LogP contribution >= 0.6 is 0 Å². The standard InChI is InChI=1S/C22H24N2O/c1-3-19-21(18-12-8-5-9-13-18)20(22(23)25)16(2)24(19)15-14-17-10-6-4-7-11-17/h4-13H,3,14-15H2,1-2H3,(H2,23,25). The van der Waals surface area contributed by atoms with Gasteiger partial charge in [-0.1, -0.05) is 67.6 Å². The Balaban J connectivity index is 2.08. The summed E-state index contributed by atoms with van der Waals surface area (Å²) >= 11 is 0. The number of rotatable bonds is 6. The van der Waals surface area contributed by atoms with E-state index in [0.29, 0.717) is 5.56 Å². The van der Waals surface area contributed by atoms with E-state index in [2.05, 4.69) is 35.8 Å². The van der Waals surface area contributed by atoms with Gasteiger partial charge in [0.2, 0.25) is 0 Å². The minimum atomic E-state index is -0.357. The average molecular weight is 332 g/mol. The van der Waals surface area contributed by atoms with E-state index in [4.69, 9.17) is 5.73 Å². The van der Waals surface area contributed by atoms with Gasteiger partial charge in [-0.05, 0) is 30.9 Å². The number of nitrogens with two attached hydrogens (primary N) is 1. The number of nitrogens with zero attached hydrogens (tertiary/aromatic N) is 1. The van der Waals surface area contributed by atoms with Crippen molar-refractivity contribution in [2.24, 2.45) is 5.73 Å². The molecular weight excluding hydrogens is 308 g/mol. The number of hydrogen-bond acceptors (Lipinski definition) is 1. The Labute approximate surface area is 149 Å². The Morgan fingerprint density at radius 1 is 1.00 bits per heavy atom. The van der Waals surface area contributed by atoms with E-state index >= 15 is 0 Å². The Hall–Kier alpha value is -2.81. The molecule has 0 spiro atoms. The first-order chi connectivity index (χ1) is 12.1. The van der Waals surface area contributed by atoms with Crippen molar-refractivity contribution in [1.82, 2.24) is 4.57 Å². The molecule has 2 N–H and O–H groups in total. The maximum absolute atomic E-state index is 12.2. The van der Waals surface area contributed by atoms with E-state index in [1.807, 2.05) is 43.3 Å². The monoisotopic (exact) mass is 332 g/mol. The SMILES string of the molecule is CCc1c(-c2ccccc2)c(C(N)=O)c(C)n1CCc1ccccc1. The first-order valence-electron chi connectivity index (χ1n) is 8.74. The smallest absolute Gasteiger partial charge is 0.251 e. The number of aryl methyl sites for hydroxylation is 1. The largest absolute Gasteiger partial charge is 0.366 e. The van der Waals surface area contributed by atoms with Gasteiger partial charge in [-0.15, -0.1) is 0 Å². The molecule has 0 unspecified atom stereocenters. The van der Waals surface area contributed by atoms with Crippen LogP contribution in [0.1, 0.15) is 34.2 Å². The van der Waals surface area contributed by atoms with Gasteiger partial charge in [0.05, 0.1) is 5.56 Å². The molecule has 0 atom stereocenters. The van der Waals surface area contributed by atoms with Gasteiger partial charge >= 0.3 is 0 Å². The second kappa shape index (κ2) is 7.39. The summed E-state index contributed by atoms with van der Waals surface area (Å²) in [5.41, 5.74) is 11.9. The number of amides is 1. The summed E-state index contributed by atoms with van der Waals surface area (Å²) in [6.45, 7) is 4.97. The highest BCUT2D eigenvalue weighted by atomic mass is 16.1. The summed E-state index contributed by atoms with van der Waals surface area (Å²) in [5.74, 6) is -0.357. The van der Waals surface area contributed by atoms with Crippen molar-refractivity contribution >= 4 is 5.91 Å². The summed E-state index contributed by atoms with van der Waals surface area (Å²) in [6, 6.07) is 20.5. The molecule has 3 nitrogen and oxygen atoms in total. The van der Waals surface area contributed by atoms with Crippen LogP contribution in [-0.2, 0) is 19.4 Å². The first-order valence-corrected chi connectivity index (χ1v) is 8.74. The quantitative estimate of drug-likeness (QED) is 0.716. The predicted octanol–water partition coefficient (Wildman–Crippen LogP) is 4.37. The van der Waals surface area contributed by atoms with Crippen LogP contribution in [0.3, 0.4) is 0 Å². The molecule has 0 radical (unpaired) electrons. The third kappa shape index (κ3) is 3.36. The van der Waals surface area contributed by atoms with Gasteiger partial charge in [-0.3, -0.25) is 4.79 Å². The van der Waals surface area contributed by atoms with Crippen LogP contribution in [0.4, 0.5) is 0 Å². The molecule has 0 aliphatic carbocycles. The topological polar surface area (TPSA) is 48.0 Å². The molecule has 128 valence electrons. The zero-order valence-electron chi connectivity index (χ0n) is 14.8. The molecule has 0 aliphatic rings. The van der Waals surface area contributed by atoms with Gasteiger partial charge in [0, 0.05) is 23.5 Å². The van der Waals surface area contributed by atoms with Crippen LogP contribution in [0.2, 0.25) is 0 Å².